The van der Waals surface area contributed by atoms with Crippen molar-refractivity contribution < 1.29 is 18.1 Å². The number of halogens is 4. The average Bonchev–Trinajstić information content (AvgIpc) is 2.07. The minimum absolute atomic E-state index is 0.389. The average molecular weight is 271 g/mol. The fourth-order valence-corrected chi connectivity index (χ4v) is 1.21. The van der Waals surface area contributed by atoms with Crippen molar-refractivity contribution in [3.05, 3.63) is 32.2 Å². The van der Waals surface area contributed by atoms with Gasteiger partial charge >= 0.3 is 5.82 Å². The number of alkyl halides is 2. The summed E-state index contributed by atoms with van der Waals surface area (Å²) in [5.41, 5.74) is -0.715. The van der Waals surface area contributed by atoms with E-state index in [4.69, 9.17) is 0 Å². The Bertz CT molecular complexity index is 386. The molecular weight excluding hydrogens is 269 g/mol. The minimum Gasteiger partial charge on any atom is -0.358 e. The van der Waals surface area contributed by atoms with Crippen molar-refractivity contribution in [2.24, 2.45) is 0 Å². The molecule has 0 spiro atoms. The van der Waals surface area contributed by atoms with Gasteiger partial charge in [-0.2, -0.15) is 4.39 Å². The molecule has 1 heterocycles. The Balaban J connectivity index is 3.31. The van der Waals surface area contributed by atoms with Crippen LogP contribution in [-0.4, -0.2) is 9.91 Å². The maximum atomic E-state index is 12.8. The molecule has 0 N–H and O–H groups in total. The fraction of sp³-hybridized carbons (Fsp3) is 0.167. The fourth-order valence-electron chi connectivity index (χ4n) is 0.753. The number of aromatic nitrogens is 1. The molecule has 14 heavy (non-hydrogen) atoms. The van der Waals surface area contributed by atoms with Gasteiger partial charge in [0.25, 0.3) is 6.43 Å². The molecule has 1 aromatic heterocycles. The Morgan fingerprint density at radius 3 is 2.57 bits per heavy atom. The highest BCUT2D eigenvalue weighted by Crippen LogP contribution is 2.29. The third-order valence-corrected chi connectivity index (χ3v) is 1.98. The van der Waals surface area contributed by atoms with Gasteiger partial charge in [0.15, 0.2) is 0 Å². The normalized spacial score (nSPS) is 10.6. The SMILES string of the molecule is O=[N+]([O-])c1nc(Br)c(C(F)F)cc1F. The summed E-state index contributed by atoms with van der Waals surface area (Å²) in [6, 6.07) is 0.389. The van der Waals surface area contributed by atoms with E-state index < -0.39 is 33.2 Å². The van der Waals surface area contributed by atoms with Gasteiger partial charge in [-0.1, -0.05) is 0 Å². The molecule has 0 aliphatic heterocycles. The van der Waals surface area contributed by atoms with Crippen LogP contribution in [0.4, 0.5) is 19.0 Å². The van der Waals surface area contributed by atoms with Gasteiger partial charge in [0.05, 0.1) is 5.56 Å². The lowest BCUT2D eigenvalue weighted by molar-refractivity contribution is -0.392. The third-order valence-electron chi connectivity index (χ3n) is 1.35. The highest BCUT2D eigenvalue weighted by molar-refractivity contribution is 9.10. The molecule has 0 aromatic carbocycles. The molecule has 0 aliphatic rings. The second-order valence-corrected chi connectivity index (χ2v) is 2.98. The van der Waals surface area contributed by atoms with E-state index in [0.717, 1.165) is 0 Å². The summed E-state index contributed by atoms with van der Waals surface area (Å²) in [4.78, 5) is 12.1. The smallest absolute Gasteiger partial charge is 0.358 e. The van der Waals surface area contributed by atoms with Gasteiger partial charge in [0.2, 0.25) is 10.4 Å². The van der Waals surface area contributed by atoms with E-state index in [1.165, 1.54) is 0 Å². The molecular formula is C6H2BrF3N2O2. The Hall–Kier alpha value is -1.18. The first-order valence-corrected chi connectivity index (χ1v) is 4.01. The van der Waals surface area contributed by atoms with Crippen LogP contribution in [0.15, 0.2) is 10.7 Å². The van der Waals surface area contributed by atoms with Crippen molar-refractivity contribution in [2.75, 3.05) is 0 Å². The first kappa shape index (κ1) is 10.9. The van der Waals surface area contributed by atoms with Gasteiger partial charge in [0.1, 0.15) is 0 Å². The van der Waals surface area contributed by atoms with Crippen LogP contribution >= 0.6 is 15.9 Å². The van der Waals surface area contributed by atoms with Crippen LogP contribution in [-0.2, 0) is 0 Å². The topological polar surface area (TPSA) is 56.0 Å². The molecule has 0 amide bonds. The molecule has 76 valence electrons. The van der Waals surface area contributed by atoms with Crippen molar-refractivity contribution in [2.45, 2.75) is 6.43 Å². The molecule has 4 nitrogen and oxygen atoms in total. The predicted octanol–water partition coefficient (Wildman–Crippen LogP) is 2.83. The van der Waals surface area contributed by atoms with Crippen LogP contribution in [0.1, 0.15) is 12.0 Å². The van der Waals surface area contributed by atoms with E-state index in [0.29, 0.717) is 6.07 Å². The summed E-state index contributed by atoms with van der Waals surface area (Å²) in [6.45, 7) is 0. The quantitative estimate of drug-likeness (QED) is 0.472. The summed E-state index contributed by atoms with van der Waals surface area (Å²) in [5.74, 6) is -2.46. The molecule has 8 heteroatoms. The van der Waals surface area contributed by atoms with E-state index in [1.54, 1.807) is 0 Å². The van der Waals surface area contributed by atoms with Gasteiger partial charge in [-0.05, 0) is 16.0 Å². The molecule has 0 unspecified atom stereocenters. The Labute approximate surface area is 84.0 Å². The molecule has 0 bridgehead atoms. The number of rotatable bonds is 2. The number of hydrogen-bond acceptors (Lipinski definition) is 3. The number of hydrogen-bond donors (Lipinski definition) is 0. The lowest BCUT2D eigenvalue weighted by Crippen LogP contribution is -2.00. The lowest BCUT2D eigenvalue weighted by Gasteiger charge is -2.00. The van der Waals surface area contributed by atoms with Gasteiger partial charge < -0.3 is 10.1 Å². The van der Waals surface area contributed by atoms with E-state index in [1.807, 2.05) is 0 Å². The Morgan fingerprint density at radius 1 is 1.57 bits per heavy atom. The summed E-state index contributed by atoms with van der Waals surface area (Å²) in [5, 5.41) is 10.1. The van der Waals surface area contributed by atoms with Gasteiger partial charge in [-0.25, -0.2) is 8.78 Å². The van der Waals surface area contributed by atoms with Crippen molar-refractivity contribution in [1.82, 2.24) is 4.98 Å². The first-order valence-electron chi connectivity index (χ1n) is 3.22. The van der Waals surface area contributed by atoms with E-state index in [-0.39, 0.29) is 0 Å². The van der Waals surface area contributed by atoms with E-state index >= 15 is 0 Å². The highest BCUT2D eigenvalue weighted by atomic mass is 79.9. The van der Waals surface area contributed by atoms with Crippen LogP contribution in [0.5, 0.6) is 0 Å². The van der Waals surface area contributed by atoms with E-state index in [9.17, 15) is 23.3 Å². The summed E-state index contributed by atoms with van der Waals surface area (Å²) in [7, 11) is 0. The number of pyridine rings is 1. The predicted molar refractivity (Wildman–Crippen MR) is 43.5 cm³/mol. The summed E-state index contributed by atoms with van der Waals surface area (Å²) < 4.78 is 36.6. The molecule has 1 aromatic rings. The third kappa shape index (κ3) is 2.00. The molecule has 0 saturated heterocycles. The van der Waals surface area contributed by atoms with Crippen molar-refractivity contribution in [3.8, 4) is 0 Å². The van der Waals surface area contributed by atoms with Crippen molar-refractivity contribution >= 4 is 21.7 Å². The zero-order chi connectivity index (χ0) is 10.9. The maximum absolute atomic E-state index is 12.8. The maximum Gasteiger partial charge on any atom is 0.400 e. The van der Waals surface area contributed by atoms with Gasteiger partial charge in [-0.3, -0.25) is 0 Å². The second kappa shape index (κ2) is 3.91. The van der Waals surface area contributed by atoms with Crippen molar-refractivity contribution in [1.29, 1.82) is 0 Å². The molecule has 1 rings (SSSR count). The first-order chi connectivity index (χ1) is 6.43. The summed E-state index contributed by atoms with van der Waals surface area (Å²) >= 11 is 2.59. The largest absolute Gasteiger partial charge is 0.400 e. The van der Waals surface area contributed by atoms with Crippen molar-refractivity contribution in [3.63, 3.8) is 0 Å². The molecule has 0 fully saturated rings. The highest BCUT2D eigenvalue weighted by Gasteiger charge is 2.24. The Morgan fingerprint density at radius 2 is 2.14 bits per heavy atom. The molecule has 0 saturated carbocycles. The number of nitrogens with zero attached hydrogens (tertiary/aromatic N) is 2. The van der Waals surface area contributed by atoms with Crippen LogP contribution in [0.25, 0.3) is 0 Å². The molecule has 0 atom stereocenters. The minimum atomic E-state index is -2.94. The van der Waals surface area contributed by atoms with Gasteiger partial charge in [-0.15, -0.1) is 0 Å². The molecule has 0 aliphatic carbocycles. The Kier molecular flexibility index (Phi) is 3.04. The standard InChI is InChI=1S/C6H2BrF3N2O2/c7-4-2(5(9)10)1-3(8)6(11-4)12(13)14/h1,5H. The van der Waals surface area contributed by atoms with Crippen LogP contribution in [0.3, 0.4) is 0 Å². The monoisotopic (exact) mass is 270 g/mol. The zero-order valence-corrected chi connectivity index (χ0v) is 7.96. The van der Waals surface area contributed by atoms with E-state index in [2.05, 4.69) is 20.9 Å². The summed E-state index contributed by atoms with van der Waals surface area (Å²) in [6.07, 6.45) is -2.94. The van der Waals surface area contributed by atoms with Gasteiger partial charge in [0, 0.05) is 15.9 Å². The lowest BCUT2D eigenvalue weighted by atomic mass is 10.3. The van der Waals surface area contributed by atoms with Crippen LogP contribution in [0, 0.1) is 15.9 Å². The second-order valence-electron chi connectivity index (χ2n) is 2.23. The molecule has 0 radical (unpaired) electrons. The van der Waals surface area contributed by atoms with Crippen LogP contribution in [0.2, 0.25) is 0 Å². The zero-order valence-electron chi connectivity index (χ0n) is 6.38. The number of nitro groups is 1. The van der Waals surface area contributed by atoms with Crippen LogP contribution < -0.4 is 0 Å².